The van der Waals surface area contributed by atoms with Gasteiger partial charge in [-0.3, -0.25) is 10.1 Å². The van der Waals surface area contributed by atoms with Crippen molar-refractivity contribution < 1.29 is 14.1 Å². The number of aromatic nitrogens is 3. The van der Waals surface area contributed by atoms with Gasteiger partial charge in [0.15, 0.2) is 5.13 Å². The van der Waals surface area contributed by atoms with E-state index in [0.29, 0.717) is 24.7 Å². The van der Waals surface area contributed by atoms with Crippen LogP contribution in [-0.2, 0) is 4.79 Å². The van der Waals surface area contributed by atoms with Gasteiger partial charge in [0, 0.05) is 30.9 Å². The maximum atomic E-state index is 13.0. The van der Waals surface area contributed by atoms with Crippen LogP contribution in [0.1, 0.15) is 19.8 Å². The van der Waals surface area contributed by atoms with Crippen LogP contribution in [0.3, 0.4) is 0 Å². The number of thiazole rings is 1. The number of nitrogens with one attached hydrogen (secondary N) is 1. The number of carbonyl (C=O) groups is 1. The number of fused-ring (bicyclic) bond motifs is 1. The summed E-state index contributed by atoms with van der Waals surface area (Å²) in [5.74, 6) is 0.828. The van der Waals surface area contributed by atoms with Gasteiger partial charge in [-0.25, -0.2) is 9.97 Å². The SMILES string of the molecule is CCOc1ccccc1-c1cc(NC(=O)[C@H]2CCCN(c3nc4cccnc4s3)C2)on1. The van der Waals surface area contributed by atoms with E-state index in [9.17, 15) is 4.79 Å². The first-order valence-electron chi connectivity index (χ1n) is 10.7. The van der Waals surface area contributed by atoms with Crippen molar-refractivity contribution in [2.75, 3.05) is 29.9 Å². The van der Waals surface area contributed by atoms with Gasteiger partial charge in [0.2, 0.25) is 11.8 Å². The van der Waals surface area contributed by atoms with Crippen LogP contribution in [-0.4, -0.2) is 40.7 Å². The summed E-state index contributed by atoms with van der Waals surface area (Å²) in [5.41, 5.74) is 2.34. The zero-order valence-corrected chi connectivity index (χ0v) is 18.5. The topological polar surface area (TPSA) is 93.4 Å². The maximum Gasteiger partial charge on any atom is 0.231 e. The quantitative estimate of drug-likeness (QED) is 0.460. The molecule has 164 valence electrons. The third-order valence-electron chi connectivity index (χ3n) is 5.44. The summed E-state index contributed by atoms with van der Waals surface area (Å²) in [6, 6.07) is 13.2. The molecule has 1 amide bonds. The average molecular weight is 450 g/mol. The Labute approximate surface area is 189 Å². The van der Waals surface area contributed by atoms with Gasteiger partial charge in [0.05, 0.1) is 12.5 Å². The lowest BCUT2D eigenvalue weighted by Crippen LogP contribution is -2.40. The molecule has 0 unspecified atom stereocenters. The molecule has 1 aromatic carbocycles. The van der Waals surface area contributed by atoms with Crippen molar-refractivity contribution >= 4 is 38.6 Å². The van der Waals surface area contributed by atoms with Crippen LogP contribution in [0.5, 0.6) is 5.75 Å². The van der Waals surface area contributed by atoms with Crippen LogP contribution in [0.25, 0.3) is 21.6 Å². The van der Waals surface area contributed by atoms with Gasteiger partial charge in [-0.15, -0.1) is 0 Å². The molecule has 5 rings (SSSR count). The lowest BCUT2D eigenvalue weighted by atomic mass is 9.97. The predicted molar refractivity (Wildman–Crippen MR) is 124 cm³/mol. The Morgan fingerprint density at radius 3 is 3.09 bits per heavy atom. The van der Waals surface area contributed by atoms with E-state index in [4.69, 9.17) is 9.26 Å². The summed E-state index contributed by atoms with van der Waals surface area (Å²) >= 11 is 1.56. The molecule has 0 bridgehead atoms. The van der Waals surface area contributed by atoms with E-state index in [1.807, 2.05) is 43.3 Å². The van der Waals surface area contributed by atoms with Gasteiger partial charge >= 0.3 is 0 Å². The van der Waals surface area contributed by atoms with Gasteiger partial charge in [-0.05, 0) is 44.0 Å². The minimum Gasteiger partial charge on any atom is -0.493 e. The van der Waals surface area contributed by atoms with Crippen LogP contribution in [0.4, 0.5) is 11.0 Å². The molecule has 1 aliphatic heterocycles. The van der Waals surface area contributed by atoms with Crippen molar-refractivity contribution in [3.63, 3.8) is 0 Å². The minimum atomic E-state index is -0.159. The van der Waals surface area contributed by atoms with E-state index in [2.05, 4.69) is 25.3 Å². The molecule has 1 saturated heterocycles. The van der Waals surface area contributed by atoms with Crippen LogP contribution in [0.15, 0.2) is 53.2 Å². The number of piperidine rings is 1. The largest absolute Gasteiger partial charge is 0.493 e. The van der Waals surface area contributed by atoms with E-state index >= 15 is 0 Å². The van der Waals surface area contributed by atoms with Gasteiger partial charge in [0.1, 0.15) is 21.8 Å². The smallest absolute Gasteiger partial charge is 0.231 e. The Bertz CT molecular complexity index is 1200. The Morgan fingerprint density at radius 2 is 2.22 bits per heavy atom. The molecule has 1 aliphatic rings. The molecule has 1 atom stereocenters. The molecule has 32 heavy (non-hydrogen) atoms. The summed E-state index contributed by atoms with van der Waals surface area (Å²) in [5, 5.41) is 7.91. The molecule has 1 N–H and O–H groups in total. The molecule has 0 spiro atoms. The van der Waals surface area contributed by atoms with E-state index in [1.54, 1.807) is 23.6 Å². The highest BCUT2D eigenvalue weighted by molar-refractivity contribution is 7.21. The number of hydrogen-bond donors (Lipinski definition) is 1. The maximum absolute atomic E-state index is 13.0. The monoisotopic (exact) mass is 449 g/mol. The van der Waals surface area contributed by atoms with Crippen LogP contribution < -0.4 is 15.0 Å². The summed E-state index contributed by atoms with van der Waals surface area (Å²) in [7, 11) is 0. The molecule has 0 saturated carbocycles. The van der Waals surface area contributed by atoms with Crippen LogP contribution >= 0.6 is 11.3 Å². The summed E-state index contributed by atoms with van der Waals surface area (Å²) < 4.78 is 11.1. The zero-order chi connectivity index (χ0) is 21.9. The third kappa shape index (κ3) is 4.16. The van der Waals surface area contributed by atoms with Crippen molar-refractivity contribution in [2.24, 2.45) is 5.92 Å². The second kappa shape index (κ2) is 8.96. The summed E-state index contributed by atoms with van der Waals surface area (Å²) in [4.78, 5) is 25.1. The molecule has 4 aromatic rings. The molecular formula is C23H23N5O3S. The van der Waals surface area contributed by atoms with E-state index in [0.717, 1.165) is 46.2 Å². The number of anilines is 2. The Morgan fingerprint density at radius 1 is 1.31 bits per heavy atom. The second-order valence-electron chi connectivity index (χ2n) is 7.60. The number of amides is 1. The fraction of sp³-hybridized carbons (Fsp3) is 0.304. The number of pyridine rings is 1. The van der Waals surface area contributed by atoms with Crippen LogP contribution in [0, 0.1) is 5.92 Å². The molecule has 3 aromatic heterocycles. The fourth-order valence-electron chi connectivity index (χ4n) is 3.90. The van der Waals surface area contributed by atoms with Crippen molar-refractivity contribution in [3.05, 3.63) is 48.7 Å². The Hall–Kier alpha value is -3.46. The Kier molecular flexibility index (Phi) is 5.72. The number of para-hydroxylation sites is 1. The molecular weight excluding hydrogens is 426 g/mol. The average Bonchev–Trinajstić information content (AvgIpc) is 3.47. The molecule has 9 heteroatoms. The number of rotatable bonds is 6. The predicted octanol–water partition coefficient (Wildman–Crippen LogP) is 4.60. The van der Waals surface area contributed by atoms with Crippen molar-refractivity contribution in [1.29, 1.82) is 0 Å². The number of ether oxygens (including phenoxy) is 1. The minimum absolute atomic E-state index is 0.0743. The van der Waals surface area contributed by atoms with E-state index in [-0.39, 0.29) is 11.8 Å². The van der Waals surface area contributed by atoms with Gasteiger partial charge in [-0.1, -0.05) is 28.6 Å². The van der Waals surface area contributed by atoms with Gasteiger partial charge < -0.3 is 14.2 Å². The Balaban J connectivity index is 1.27. The molecule has 0 radical (unpaired) electrons. The number of nitrogens with zero attached hydrogens (tertiary/aromatic N) is 4. The molecule has 8 nitrogen and oxygen atoms in total. The van der Waals surface area contributed by atoms with Crippen molar-refractivity contribution in [1.82, 2.24) is 15.1 Å². The number of benzene rings is 1. The summed E-state index contributed by atoms with van der Waals surface area (Å²) in [6.45, 7) is 3.98. The van der Waals surface area contributed by atoms with Crippen molar-refractivity contribution in [3.8, 4) is 17.0 Å². The van der Waals surface area contributed by atoms with Gasteiger partial charge in [0.25, 0.3) is 0 Å². The third-order valence-corrected chi connectivity index (χ3v) is 6.48. The van der Waals surface area contributed by atoms with Crippen LogP contribution in [0.2, 0.25) is 0 Å². The standard InChI is InChI=1S/C23H23N5O3S/c1-2-30-19-10-4-3-8-16(19)18-13-20(31-27-18)26-21(29)15-7-6-12-28(14-15)23-25-17-9-5-11-24-22(17)32-23/h3-5,8-11,13,15H,2,6-7,12,14H2,1H3,(H,26,29)/t15-/m0/s1. The zero-order valence-electron chi connectivity index (χ0n) is 17.7. The van der Waals surface area contributed by atoms with E-state index < -0.39 is 0 Å². The first-order chi connectivity index (χ1) is 15.7. The molecule has 4 heterocycles. The highest BCUT2D eigenvalue weighted by Crippen LogP contribution is 2.32. The molecule has 1 fully saturated rings. The lowest BCUT2D eigenvalue weighted by molar-refractivity contribution is -0.120. The highest BCUT2D eigenvalue weighted by Gasteiger charge is 2.28. The first kappa shape index (κ1) is 20.4. The first-order valence-corrected chi connectivity index (χ1v) is 11.5. The van der Waals surface area contributed by atoms with Gasteiger partial charge in [-0.2, -0.15) is 0 Å². The normalized spacial score (nSPS) is 16.3. The number of carbonyl (C=O) groups excluding carboxylic acids is 1. The second-order valence-corrected chi connectivity index (χ2v) is 8.56. The molecule has 0 aliphatic carbocycles. The highest BCUT2D eigenvalue weighted by atomic mass is 32.1. The number of hydrogen-bond acceptors (Lipinski definition) is 8. The lowest BCUT2D eigenvalue weighted by Gasteiger charge is -2.31. The fourth-order valence-corrected chi connectivity index (χ4v) is 4.85. The van der Waals surface area contributed by atoms with E-state index in [1.165, 1.54) is 0 Å². The summed E-state index contributed by atoms with van der Waals surface area (Å²) in [6.07, 6.45) is 3.51. The van der Waals surface area contributed by atoms with Crippen molar-refractivity contribution in [2.45, 2.75) is 19.8 Å².